The molecule has 0 bridgehead atoms. The molecule has 3 nitrogen and oxygen atoms in total. The summed E-state index contributed by atoms with van der Waals surface area (Å²) >= 11 is 0. The number of aromatic nitrogens is 2. The molecule has 1 heterocycles. The summed E-state index contributed by atoms with van der Waals surface area (Å²) in [5, 5.41) is 0. The maximum Gasteiger partial charge on any atom is 0.159 e. The third-order valence-corrected chi connectivity index (χ3v) is 3.76. The maximum atomic E-state index is 4.67. The highest BCUT2D eigenvalue weighted by molar-refractivity contribution is 5.77. The average Bonchev–Trinajstić information content (AvgIpc) is 2.59. The van der Waals surface area contributed by atoms with E-state index < -0.39 is 0 Å². The molecule has 0 amide bonds. The van der Waals surface area contributed by atoms with E-state index in [0.29, 0.717) is 5.82 Å². The number of hydrogen-bond donors (Lipinski definition) is 0. The Morgan fingerprint density at radius 1 is 1.24 bits per heavy atom. The topological polar surface area (TPSA) is 29.0 Å². The van der Waals surface area contributed by atoms with Crippen molar-refractivity contribution in [3.8, 4) is 11.4 Å². The summed E-state index contributed by atoms with van der Waals surface area (Å²) in [4.78, 5) is 11.2. The molecule has 0 saturated heterocycles. The lowest BCUT2D eigenvalue weighted by Crippen LogP contribution is -2.02. The predicted octanol–water partition coefficient (Wildman–Crippen LogP) is 5.13. The molecule has 3 heteroatoms. The van der Waals surface area contributed by atoms with Crippen molar-refractivity contribution >= 4 is 11.1 Å². The second-order valence-electron chi connectivity index (χ2n) is 6.05. The summed E-state index contributed by atoms with van der Waals surface area (Å²) in [6, 6.07) is 8.19. The van der Waals surface area contributed by atoms with E-state index in [1.165, 1.54) is 0 Å². The van der Waals surface area contributed by atoms with Gasteiger partial charge in [-0.3, -0.25) is 0 Å². The first-order valence-electron chi connectivity index (χ1n) is 8.23. The molecule has 0 aliphatic carbocycles. The van der Waals surface area contributed by atoms with Gasteiger partial charge in [-0.2, -0.15) is 0 Å². The molecule has 0 aliphatic rings. The number of hydrogen-bond acceptors (Lipinski definition) is 3. The lowest BCUT2D eigenvalue weighted by atomic mass is 10.0. The zero-order valence-electron chi connectivity index (χ0n) is 15.5. The van der Waals surface area contributed by atoms with Gasteiger partial charge in [0.2, 0.25) is 0 Å². The van der Waals surface area contributed by atoms with E-state index in [-0.39, 0.29) is 0 Å². The lowest BCUT2D eigenvalue weighted by molar-refractivity contribution is 0.566. The molecule has 0 atom stereocenters. The van der Waals surface area contributed by atoms with E-state index >= 15 is 0 Å². The van der Waals surface area contributed by atoms with E-state index in [0.717, 1.165) is 33.5 Å². The zero-order valence-corrected chi connectivity index (χ0v) is 15.5. The molecule has 0 unspecified atom stereocenters. The molecule has 2 rings (SSSR count). The summed E-state index contributed by atoms with van der Waals surface area (Å²) in [6.45, 7) is 11.9. The van der Waals surface area contributed by atoms with Gasteiger partial charge >= 0.3 is 0 Å². The van der Waals surface area contributed by atoms with Crippen LogP contribution in [-0.4, -0.2) is 29.0 Å². The van der Waals surface area contributed by atoms with Crippen molar-refractivity contribution in [2.24, 2.45) is 0 Å². The fourth-order valence-corrected chi connectivity index (χ4v) is 2.57. The fourth-order valence-electron chi connectivity index (χ4n) is 2.57. The number of nitrogens with zero attached hydrogens (tertiary/aromatic N) is 3. The standard InChI is InChI=1S/C22H25N3/c1-7-10-16(3)21-14-23-22(24-17(21)4)20-12-9-11-19(13-20)18(8-2)15-25(5)6/h7-15H,2-3H2,1,4-6H3/b10-7-,18-15+. The molecule has 0 spiro atoms. The van der Waals surface area contributed by atoms with Crippen molar-refractivity contribution in [2.45, 2.75) is 13.8 Å². The van der Waals surface area contributed by atoms with E-state index in [4.69, 9.17) is 0 Å². The van der Waals surface area contributed by atoms with Crippen LogP contribution in [0.15, 0.2) is 68.0 Å². The molecule has 0 saturated carbocycles. The Labute approximate surface area is 150 Å². The average molecular weight is 331 g/mol. The first kappa shape index (κ1) is 18.4. The van der Waals surface area contributed by atoms with Crippen molar-refractivity contribution in [3.05, 3.63) is 84.9 Å². The Morgan fingerprint density at radius 2 is 2.00 bits per heavy atom. The predicted molar refractivity (Wildman–Crippen MR) is 108 cm³/mol. The Morgan fingerprint density at radius 3 is 2.60 bits per heavy atom. The van der Waals surface area contributed by atoms with Crippen molar-refractivity contribution in [3.63, 3.8) is 0 Å². The number of rotatable bonds is 6. The summed E-state index contributed by atoms with van der Waals surface area (Å²) < 4.78 is 0. The minimum Gasteiger partial charge on any atom is -0.383 e. The molecule has 128 valence electrons. The highest BCUT2D eigenvalue weighted by Crippen LogP contribution is 2.24. The van der Waals surface area contributed by atoms with Crippen molar-refractivity contribution in [1.29, 1.82) is 0 Å². The Balaban J connectivity index is 2.43. The first-order chi connectivity index (χ1) is 12.0. The third-order valence-electron chi connectivity index (χ3n) is 3.76. The van der Waals surface area contributed by atoms with Gasteiger partial charge < -0.3 is 4.90 Å². The molecule has 2 aromatic rings. The second-order valence-corrected chi connectivity index (χ2v) is 6.05. The highest BCUT2D eigenvalue weighted by Gasteiger charge is 2.08. The summed E-state index contributed by atoms with van der Waals surface area (Å²) in [6.07, 6.45) is 9.68. The van der Waals surface area contributed by atoms with Gasteiger partial charge in [0.1, 0.15) is 0 Å². The van der Waals surface area contributed by atoms with Crippen LogP contribution in [-0.2, 0) is 0 Å². The van der Waals surface area contributed by atoms with Crippen LogP contribution in [0.2, 0.25) is 0 Å². The maximum absolute atomic E-state index is 4.67. The SMILES string of the molecule is C=C/C(=C\N(C)C)c1cccc(-c2ncc(C(=C)/C=C\C)c(C)n2)c1. The molecule has 25 heavy (non-hydrogen) atoms. The molecular formula is C22H25N3. The number of allylic oxidation sites excluding steroid dienone is 5. The lowest BCUT2D eigenvalue weighted by Gasteiger charge is -2.11. The van der Waals surface area contributed by atoms with Gasteiger partial charge in [0.25, 0.3) is 0 Å². The van der Waals surface area contributed by atoms with Gasteiger partial charge in [-0.15, -0.1) is 0 Å². The molecule has 0 fully saturated rings. The minimum absolute atomic E-state index is 0.713. The van der Waals surface area contributed by atoms with Crippen LogP contribution >= 0.6 is 0 Å². The summed E-state index contributed by atoms with van der Waals surface area (Å²) in [5.74, 6) is 0.713. The fraction of sp³-hybridized carbons (Fsp3) is 0.182. The second kappa shape index (κ2) is 8.25. The zero-order chi connectivity index (χ0) is 18.4. The summed E-state index contributed by atoms with van der Waals surface area (Å²) in [7, 11) is 3.99. The van der Waals surface area contributed by atoms with Crippen LogP contribution in [0, 0.1) is 6.92 Å². The van der Waals surface area contributed by atoms with Gasteiger partial charge in [0.05, 0.1) is 0 Å². The highest BCUT2D eigenvalue weighted by atomic mass is 15.0. The Hall–Kier alpha value is -2.94. The molecule has 1 aromatic carbocycles. The van der Waals surface area contributed by atoms with Crippen LogP contribution in [0.1, 0.15) is 23.7 Å². The van der Waals surface area contributed by atoms with Crippen LogP contribution < -0.4 is 0 Å². The van der Waals surface area contributed by atoms with Crippen molar-refractivity contribution in [1.82, 2.24) is 14.9 Å². The van der Waals surface area contributed by atoms with E-state index in [9.17, 15) is 0 Å². The Kier molecular flexibility index (Phi) is 6.07. The van der Waals surface area contributed by atoms with Gasteiger partial charge in [0.15, 0.2) is 5.82 Å². The van der Waals surface area contributed by atoms with Gasteiger partial charge in [-0.25, -0.2) is 9.97 Å². The monoisotopic (exact) mass is 331 g/mol. The van der Waals surface area contributed by atoms with Crippen LogP contribution in [0.4, 0.5) is 0 Å². The summed E-state index contributed by atoms with van der Waals surface area (Å²) in [5.41, 5.74) is 5.94. The molecule has 0 N–H and O–H groups in total. The number of aryl methyl sites for hydroxylation is 1. The Bertz CT molecular complexity index is 842. The molecule has 0 radical (unpaired) electrons. The van der Waals surface area contributed by atoms with E-state index in [1.54, 1.807) is 0 Å². The number of benzene rings is 1. The van der Waals surface area contributed by atoms with Gasteiger partial charge in [0, 0.05) is 43.3 Å². The van der Waals surface area contributed by atoms with Gasteiger partial charge in [-0.1, -0.05) is 49.6 Å². The van der Waals surface area contributed by atoms with Crippen LogP contribution in [0.3, 0.4) is 0 Å². The molecular weight excluding hydrogens is 306 g/mol. The van der Waals surface area contributed by atoms with Crippen molar-refractivity contribution < 1.29 is 0 Å². The van der Waals surface area contributed by atoms with E-state index in [1.807, 2.05) is 75.6 Å². The third kappa shape index (κ3) is 4.54. The van der Waals surface area contributed by atoms with Crippen molar-refractivity contribution in [2.75, 3.05) is 14.1 Å². The van der Waals surface area contributed by atoms with Crippen LogP contribution in [0.5, 0.6) is 0 Å². The molecule has 0 aliphatic heterocycles. The quantitative estimate of drug-likeness (QED) is 0.687. The van der Waals surface area contributed by atoms with E-state index in [2.05, 4.69) is 35.3 Å². The van der Waals surface area contributed by atoms with Crippen LogP contribution in [0.25, 0.3) is 22.5 Å². The first-order valence-corrected chi connectivity index (χ1v) is 8.23. The minimum atomic E-state index is 0.713. The largest absolute Gasteiger partial charge is 0.383 e. The van der Waals surface area contributed by atoms with Gasteiger partial charge in [-0.05, 0) is 36.6 Å². The smallest absolute Gasteiger partial charge is 0.159 e. The normalized spacial score (nSPS) is 11.6. The molecule has 1 aromatic heterocycles.